The van der Waals surface area contributed by atoms with Crippen LogP contribution < -0.4 is 5.32 Å². The number of aromatic nitrogens is 2. The molecule has 0 spiro atoms. The van der Waals surface area contributed by atoms with Gasteiger partial charge >= 0.3 is 0 Å². The maximum atomic E-state index is 6.26. The average molecular weight is 475 g/mol. The number of allylic oxidation sites excluding steroid dienone is 1. The first-order chi connectivity index (χ1) is 15.0. The SMILES string of the molecule is COCCN1C(=S)NC(c2cccc(Cl)c2)C(c2nc(-c3cccc(Cl)c3)no2)=C1C. The van der Waals surface area contributed by atoms with Gasteiger partial charge in [0.25, 0.3) is 5.89 Å². The quantitative estimate of drug-likeness (QED) is 0.482. The summed E-state index contributed by atoms with van der Waals surface area (Å²) >= 11 is 18.0. The fourth-order valence-electron chi connectivity index (χ4n) is 3.52. The van der Waals surface area contributed by atoms with E-state index in [0.29, 0.717) is 40.0 Å². The third-order valence-corrected chi connectivity index (χ3v) is 5.85. The van der Waals surface area contributed by atoms with Gasteiger partial charge in [0.15, 0.2) is 5.11 Å². The van der Waals surface area contributed by atoms with E-state index in [4.69, 9.17) is 44.7 Å². The van der Waals surface area contributed by atoms with E-state index in [1.807, 2.05) is 48.2 Å². The maximum Gasteiger partial charge on any atom is 0.258 e. The number of hydrogen-bond acceptors (Lipinski definition) is 5. The van der Waals surface area contributed by atoms with Gasteiger partial charge in [-0.05, 0) is 49.0 Å². The molecule has 2 aromatic carbocycles. The Bertz CT molecular complexity index is 1150. The van der Waals surface area contributed by atoms with Crippen LogP contribution in [0, 0.1) is 0 Å². The molecule has 3 aromatic rings. The van der Waals surface area contributed by atoms with E-state index in [2.05, 4.69) is 15.5 Å². The Hall–Kier alpha value is -2.45. The summed E-state index contributed by atoms with van der Waals surface area (Å²) in [5, 5.41) is 9.40. The first-order valence-corrected chi connectivity index (χ1v) is 10.8. The van der Waals surface area contributed by atoms with Gasteiger partial charge in [-0.15, -0.1) is 0 Å². The Labute approximate surface area is 195 Å². The molecule has 1 unspecified atom stereocenters. The maximum absolute atomic E-state index is 6.26. The number of nitrogens with zero attached hydrogens (tertiary/aromatic N) is 3. The summed E-state index contributed by atoms with van der Waals surface area (Å²) in [4.78, 5) is 6.64. The van der Waals surface area contributed by atoms with Crippen molar-refractivity contribution in [1.29, 1.82) is 0 Å². The van der Waals surface area contributed by atoms with Gasteiger partial charge in [0.1, 0.15) is 0 Å². The van der Waals surface area contributed by atoms with Crippen LogP contribution in [0.3, 0.4) is 0 Å². The summed E-state index contributed by atoms with van der Waals surface area (Å²) in [6.07, 6.45) is 0. The van der Waals surface area contributed by atoms with Gasteiger partial charge < -0.3 is 19.5 Å². The van der Waals surface area contributed by atoms with E-state index in [1.165, 1.54) is 0 Å². The number of benzene rings is 2. The van der Waals surface area contributed by atoms with Crippen LogP contribution in [-0.4, -0.2) is 40.4 Å². The molecule has 4 rings (SSSR count). The second-order valence-corrected chi connectivity index (χ2v) is 8.27. The molecule has 31 heavy (non-hydrogen) atoms. The first-order valence-electron chi connectivity index (χ1n) is 9.61. The van der Waals surface area contributed by atoms with E-state index in [0.717, 1.165) is 22.4 Å². The molecular formula is C22H20Cl2N4O2S. The predicted molar refractivity (Wildman–Crippen MR) is 126 cm³/mol. The summed E-state index contributed by atoms with van der Waals surface area (Å²) in [6.45, 7) is 3.10. The topological polar surface area (TPSA) is 63.4 Å². The molecule has 0 amide bonds. The predicted octanol–water partition coefficient (Wildman–Crippen LogP) is 5.35. The fourth-order valence-corrected chi connectivity index (χ4v) is 4.26. The molecule has 1 aliphatic heterocycles. The second kappa shape index (κ2) is 9.36. The van der Waals surface area contributed by atoms with Crippen LogP contribution >= 0.6 is 35.4 Å². The molecule has 0 radical (unpaired) electrons. The number of hydrogen-bond donors (Lipinski definition) is 1. The Balaban J connectivity index is 1.81. The summed E-state index contributed by atoms with van der Waals surface area (Å²) in [5.41, 5.74) is 3.45. The third kappa shape index (κ3) is 4.60. The van der Waals surface area contributed by atoms with Gasteiger partial charge in [0.2, 0.25) is 5.82 Å². The highest BCUT2D eigenvalue weighted by atomic mass is 35.5. The van der Waals surface area contributed by atoms with E-state index < -0.39 is 0 Å². The van der Waals surface area contributed by atoms with Crippen molar-refractivity contribution in [3.05, 3.63) is 75.7 Å². The Morgan fingerprint density at radius 1 is 1.16 bits per heavy atom. The van der Waals surface area contributed by atoms with Crippen molar-refractivity contribution in [2.75, 3.05) is 20.3 Å². The van der Waals surface area contributed by atoms with Crippen molar-refractivity contribution < 1.29 is 9.26 Å². The molecule has 0 fully saturated rings. The van der Waals surface area contributed by atoms with Crippen molar-refractivity contribution >= 4 is 46.1 Å². The summed E-state index contributed by atoms with van der Waals surface area (Å²) < 4.78 is 11.0. The van der Waals surface area contributed by atoms with Crippen molar-refractivity contribution in [3.8, 4) is 11.4 Å². The molecule has 160 valence electrons. The van der Waals surface area contributed by atoms with Crippen LogP contribution in [0.5, 0.6) is 0 Å². The Morgan fingerprint density at radius 2 is 1.90 bits per heavy atom. The van der Waals surface area contributed by atoms with E-state index in [-0.39, 0.29) is 6.04 Å². The molecule has 0 saturated carbocycles. The monoisotopic (exact) mass is 474 g/mol. The Kier molecular flexibility index (Phi) is 6.57. The zero-order chi connectivity index (χ0) is 22.0. The summed E-state index contributed by atoms with van der Waals surface area (Å²) in [6, 6.07) is 14.6. The molecule has 9 heteroatoms. The van der Waals surface area contributed by atoms with Crippen molar-refractivity contribution in [2.45, 2.75) is 13.0 Å². The number of methoxy groups -OCH3 is 1. The molecule has 1 aromatic heterocycles. The molecule has 2 heterocycles. The largest absolute Gasteiger partial charge is 0.383 e. The number of nitrogens with one attached hydrogen (secondary N) is 1. The lowest BCUT2D eigenvalue weighted by atomic mass is 9.95. The van der Waals surface area contributed by atoms with Gasteiger partial charge in [-0.1, -0.05) is 52.6 Å². The highest BCUT2D eigenvalue weighted by Crippen LogP contribution is 2.38. The molecule has 1 aliphatic rings. The number of thiocarbonyl (C=S) groups is 1. The number of rotatable bonds is 6. The molecule has 6 nitrogen and oxygen atoms in total. The zero-order valence-electron chi connectivity index (χ0n) is 16.9. The molecule has 0 aliphatic carbocycles. The smallest absolute Gasteiger partial charge is 0.258 e. The van der Waals surface area contributed by atoms with Crippen molar-refractivity contribution in [1.82, 2.24) is 20.4 Å². The third-order valence-electron chi connectivity index (χ3n) is 5.04. The summed E-state index contributed by atoms with van der Waals surface area (Å²) in [7, 11) is 1.66. The lowest BCUT2D eigenvalue weighted by molar-refractivity contribution is 0.183. The number of ether oxygens (including phenoxy) is 1. The fraction of sp³-hybridized carbons (Fsp3) is 0.227. The molecule has 0 saturated heterocycles. The van der Waals surface area contributed by atoms with E-state index in [9.17, 15) is 0 Å². The lowest BCUT2D eigenvalue weighted by Gasteiger charge is -2.37. The van der Waals surface area contributed by atoms with Crippen LogP contribution in [0.25, 0.3) is 17.0 Å². The first kappa shape index (κ1) is 21.8. The molecule has 1 atom stereocenters. The summed E-state index contributed by atoms with van der Waals surface area (Å²) in [5.74, 6) is 0.856. The highest BCUT2D eigenvalue weighted by molar-refractivity contribution is 7.80. The Morgan fingerprint density at radius 3 is 2.61 bits per heavy atom. The van der Waals surface area contributed by atoms with Crippen LogP contribution in [-0.2, 0) is 4.74 Å². The molecule has 1 N–H and O–H groups in total. The minimum absolute atomic E-state index is 0.294. The van der Waals surface area contributed by atoms with Crippen LogP contribution in [0.15, 0.2) is 58.8 Å². The van der Waals surface area contributed by atoms with Gasteiger partial charge in [-0.2, -0.15) is 4.98 Å². The van der Waals surface area contributed by atoms with Gasteiger partial charge in [-0.25, -0.2) is 0 Å². The van der Waals surface area contributed by atoms with Gasteiger partial charge in [-0.3, -0.25) is 0 Å². The van der Waals surface area contributed by atoms with Gasteiger partial charge in [0, 0.05) is 35.0 Å². The van der Waals surface area contributed by atoms with Crippen LogP contribution in [0.4, 0.5) is 0 Å². The van der Waals surface area contributed by atoms with Gasteiger partial charge in [0.05, 0.1) is 18.2 Å². The second-order valence-electron chi connectivity index (χ2n) is 7.01. The normalized spacial score (nSPS) is 16.6. The van der Waals surface area contributed by atoms with E-state index in [1.54, 1.807) is 19.2 Å². The van der Waals surface area contributed by atoms with Crippen LogP contribution in [0.2, 0.25) is 10.0 Å². The van der Waals surface area contributed by atoms with Crippen molar-refractivity contribution in [2.24, 2.45) is 0 Å². The number of halogens is 2. The highest BCUT2D eigenvalue weighted by Gasteiger charge is 2.34. The standard InChI is InChI=1S/C22H20Cl2N4O2S/c1-13-18(21-26-20(27-30-21)15-6-4-8-17(24)12-15)19(14-5-3-7-16(23)11-14)25-22(31)28(13)9-10-29-2/h3-8,11-12,19H,9-10H2,1-2H3,(H,25,31). The minimum atomic E-state index is -0.294. The van der Waals surface area contributed by atoms with Crippen LogP contribution in [0.1, 0.15) is 24.4 Å². The average Bonchev–Trinajstić information content (AvgIpc) is 3.23. The molecular weight excluding hydrogens is 455 g/mol. The van der Waals surface area contributed by atoms with Crippen molar-refractivity contribution in [3.63, 3.8) is 0 Å². The molecule has 0 bridgehead atoms. The lowest BCUT2D eigenvalue weighted by Crippen LogP contribution is -2.47. The minimum Gasteiger partial charge on any atom is -0.383 e. The van der Waals surface area contributed by atoms with E-state index >= 15 is 0 Å². The zero-order valence-corrected chi connectivity index (χ0v) is 19.3.